The molecule has 1 fully saturated rings. The van der Waals surface area contributed by atoms with Crippen molar-refractivity contribution < 1.29 is 27.2 Å². The zero-order valence-corrected chi connectivity index (χ0v) is 24.0. The van der Waals surface area contributed by atoms with Crippen LogP contribution in [0.15, 0.2) is 62.8 Å². The highest BCUT2D eigenvalue weighted by Crippen LogP contribution is 2.23. The van der Waals surface area contributed by atoms with Crippen molar-refractivity contribution in [3.8, 4) is 6.19 Å². The van der Waals surface area contributed by atoms with E-state index >= 15 is 0 Å². The Morgan fingerprint density at radius 1 is 1.14 bits per heavy atom. The van der Waals surface area contributed by atoms with E-state index in [4.69, 9.17) is 4.42 Å². The van der Waals surface area contributed by atoms with E-state index in [1.807, 2.05) is 30.0 Å². The number of rotatable bonds is 8. The van der Waals surface area contributed by atoms with Gasteiger partial charge in [0, 0.05) is 31.1 Å². The minimum atomic E-state index is -3.95. The molecule has 3 aromatic rings. The zero-order valence-electron chi connectivity index (χ0n) is 23.1. The Kier molecular flexibility index (Phi) is 9.43. The van der Waals surface area contributed by atoms with Crippen LogP contribution in [0.1, 0.15) is 37.5 Å². The third kappa shape index (κ3) is 7.85. The number of nitrogens with zero attached hydrogens (tertiary/aromatic N) is 3. The Labute approximate surface area is 243 Å². The lowest BCUT2D eigenvalue weighted by molar-refractivity contribution is -0.136. The third-order valence-corrected chi connectivity index (χ3v) is 7.90. The van der Waals surface area contributed by atoms with Gasteiger partial charge in [-0.05, 0) is 68.1 Å². The number of nitrogens with one attached hydrogen (secondary N) is 4. The smallest absolute Gasteiger partial charge is 0.264 e. The van der Waals surface area contributed by atoms with Gasteiger partial charge in [-0.3, -0.25) is 19.7 Å². The number of amides is 3. The molecule has 220 valence electrons. The van der Waals surface area contributed by atoms with E-state index in [-0.39, 0.29) is 35.8 Å². The van der Waals surface area contributed by atoms with Crippen molar-refractivity contribution in [1.82, 2.24) is 20.3 Å². The quantitative estimate of drug-likeness (QED) is 0.131. The second-order valence-electron chi connectivity index (χ2n) is 9.80. The van der Waals surface area contributed by atoms with Crippen molar-refractivity contribution in [2.75, 3.05) is 18.4 Å². The summed E-state index contributed by atoms with van der Waals surface area (Å²) in [5.41, 5.74) is 2.02. The first-order valence-corrected chi connectivity index (χ1v) is 14.7. The number of likely N-dealkylation sites (tertiary alicyclic amines) is 1. The molecule has 2 aromatic carbocycles. The molecule has 1 aliphatic rings. The lowest BCUT2D eigenvalue weighted by Gasteiger charge is -2.22. The number of guanidine groups is 1. The Balaban J connectivity index is 1.38. The monoisotopic (exact) mass is 593 g/mol. The molecule has 0 saturated carbocycles. The molecule has 1 aliphatic heterocycles. The molecule has 0 radical (unpaired) electrons. The summed E-state index contributed by atoms with van der Waals surface area (Å²) >= 11 is 0. The van der Waals surface area contributed by atoms with E-state index in [1.165, 1.54) is 29.2 Å². The van der Waals surface area contributed by atoms with Crippen LogP contribution in [0.4, 0.5) is 5.69 Å². The fourth-order valence-electron chi connectivity index (χ4n) is 4.52. The highest BCUT2D eigenvalue weighted by atomic mass is 32.2. The third-order valence-electron chi connectivity index (χ3n) is 6.45. The average molecular weight is 594 g/mol. The molecule has 1 saturated heterocycles. The van der Waals surface area contributed by atoms with Crippen LogP contribution in [-0.4, -0.2) is 56.1 Å². The van der Waals surface area contributed by atoms with Crippen molar-refractivity contribution in [2.45, 2.75) is 50.6 Å². The molecule has 14 heteroatoms. The van der Waals surface area contributed by atoms with Crippen molar-refractivity contribution in [2.24, 2.45) is 4.99 Å². The topological polar surface area (TPSA) is 186 Å². The Morgan fingerprint density at radius 3 is 2.62 bits per heavy atom. The number of hydrogen-bond acceptors (Lipinski definition) is 8. The van der Waals surface area contributed by atoms with E-state index in [9.17, 15) is 28.1 Å². The summed E-state index contributed by atoms with van der Waals surface area (Å²) in [6, 6.07) is 12.3. The molecule has 3 amide bonds. The number of fused-ring (bicyclic) bond motifs is 1. The van der Waals surface area contributed by atoms with Crippen molar-refractivity contribution in [1.29, 1.82) is 5.26 Å². The highest BCUT2D eigenvalue weighted by Gasteiger charge is 2.28. The van der Waals surface area contributed by atoms with Gasteiger partial charge in [-0.2, -0.15) is 5.26 Å². The molecule has 0 unspecified atom stereocenters. The first kappa shape index (κ1) is 30.1. The minimum absolute atomic E-state index is 0.0774. The first-order valence-electron chi connectivity index (χ1n) is 13.2. The van der Waals surface area contributed by atoms with Crippen LogP contribution in [0.25, 0.3) is 11.0 Å². The molecule has 0 spiro atoms. The molecular formula is C28H31N7O6S. The van der Waals surface area contributed by atoms with Gasteiger partial charge in [0.05, 0.1) is 11.4 Å². The SMILES string of the molecule is CC(=O)NS(=O)(=O)c1ccc(CNC(=O)CN2CCCC[C@H](N=C(NC#N)Nc3ccc4oc(C)cc4c3)C2=O)cc1. The number of carbonyl (C=O) groups is 3. The predicted octanol–water partition coefficient (Wildman–Crippen LogP) is 2.10. The van der Waals surface area contributed by atoms with E-state index in [2.05, 4.69) is 20.9 Å². The number of carbonyl (C=O) groups excluding carboxylic acids is 3. The van der Waals surface area contributed by atoms with Gasteiger partial charge in [-0.15, -0.1) is 0 Å². The van der Waals surface area contributed by atoms with Gasteiger partial charge in [0.15, 0.2) is 6.19 Å². The van der Waals surface area contributed by atoms with Crippen LogP contribution < -0.4 is 20.7 Å². The molecule has 0 aliphatic carbocycles. The van der Waals surface area contributed by atoms with E-state index < -0.39 is 22.0 Å². The van der Waals surface area contributed by atoms with Gasteiger partial charge in [0.2, 0.25) is 23.7 Å². The van der Waals surface area contributed by atoms with E-state index in [1.54, 1.807) is 12.1 Å². The molecule has 13 nitrogen and oxygen atoms in total. The lowest BCUT2D eigenvalue weighted by atomic mass is 10.1. The number of sulfonamides is 1. The normalized spacial score (nSPS) is 15.9. The summed E-state index contributed by atoms with van der Waals surface area (Å²) in [5.74, 6) is -0.522. The van der Waals surface area contributed by atoms with Gasteiger partial charge in [0.25, 0.3) is 10.0 Å². The van der Waals surface area contributed by atoms with Gasteiger partial charge in [-0.1, -0.05) is 12.1 Å². The second kappa shape index (κ2) is 13.2. The summed E-state index contributed by atoms with van der Waals surface area (Å²) in [4.78, 5) is 43.0. The molecule has 42 heavy (non-hydrogen) atoms. The molecule has 1 atom stereocenters. The van der Waals surface area contributed by atoms with Crippen LogP contribution in [0, 0.1) is 18.4 Å². The van der Waals surface area contributed by atoms with Crippen LogP contribution in [-0.2, 0) is 31.0 Å². The van der Waals surface area contributed by atoms with Crippen LogP contribution in [0.3, 0.4) is 0 Å². The number of aliphatic imine (C=N–C) groups is 1. The van der Waals surface area contributed by atoms with Crippen molar-refractivity contribution in [3.05, 3.63) is 59.9 Å². The standard InChI is InChI=1S/C28H31N7O6S/c1-18-13-21-14-22(8-11-25(21)41-18)32-28(31-17-29)33-24-5-3-4-12-35(27(24)38)16-26(37)30-15-20-6-9-23(10-7-20)42(39,40)34-19(2)36/h6-11,13-14,24H,3-5,12,15-16H2,1-2H3,(H,30,37)(H,34,36)(H2,31,32,33)/t24-/m0/s1. The molecule has 1 aromatic heterocycles. The summed E-state index contributed by atoms with van der Waals surface area (Å²) in [6.07, 6.45) is 3.71. The zero-order chi connectivity index (χ0) is 30.3. The van der Waals surface area contributed by atoms with Gasteiger partial charge in [0.1, 0.15) is 17.4 Å². The number of benzene rings is 2. The second-order valence-corrected chi connectivity index (χ2v) is 11.5. The Morgan fingerprint density at radius 2 is 1.90 bits per heavy atom. The highest BCUT2D eigenvalue weighted by molar-refractivity contribution is 7.90. The molecule has 2 heterocycles. The summed E-state index contributed by atoms with van der Waals surface area (Å²) in [5, 5.41) is 18.4. The van der Waals surface area contributed by atoms with E-state index in [0.717, 1.165) is 23.7 Å². The molecule has 4 N–H and O–H groups in total. The average Bonchev–Trinajstić information content (AvgIpc) is 3.22. The Hall–Kier alpha value is -4.90. The molecule has 4 rings (SSSR count). The molecular weight excluding hydrogens is 562 g/mol. The largest absolute Gasteiger partial charge is 0.461 e. The van der Waals surface area contributed by atoms with Gasteiger partial charge in [-0.25, -0.2) is 18.1 Å². The van der Waals surface area contributed by atoms with Crippen LogP contribution in [0.2, 0.25) is 0 Å². The fourth-order valence-corrected chi connectivity index (χ4v) is 5.51. The van der Waals surface area contributed by atoms with Gasteiger partial charge < -0.3 is 20.0 Å². The fraction of sp³-hybridized carbons (Fsp3) is 0.321. The minimum Gasteiger partial charge on any atom is -0.461 e. The number of hydrogen-bond donors (Lipinski definition) is 4. The summed E-state index contributed by atoms with van der Waals surface area (Å²) in [7, 11) is -3.95. The summed E-state index contributed by atoms with van der Waals surface area (Å²) < 4.78 is 31.7. The maximum absolute atomic E-state index is 13.3. The number of aryl methyl sites for hydroxylation is 1. The van der Waals surface area contributed by atoms with E-state index in [0.29, 0.717) is 37.1 Å². The van der Waals surface area contributed by atoms with Crippen LogP contribution >= 0.6 is 0 Å². The van der Waals surface area contributed by atoms with Crippen molar-refractivity contribution >= 4 is 50.4 Å². The Bertz CT molecular complexity index is 1660. The van der Waals surface area contributed by atoms with Gasteiger partial charge >= 0.3 is 0 Å². The number of nitriles is 1. The number of anilines is 1. The lowest BCUT2D eigenvalue weighted by Crippen LogP contribution is -2.44. The van der Waals surface area contributed by atoms with Crippen molar-refractivity contribution in [3.63, 3.8) is 0 Å². The van der Waals surface area contributed by atoms with Crippen LogP contribution in [0.5, 0.6) is 0 Å². The predicted molar refractivity (Wildman–Crippen MR) is 154 cm³/mol. The molecule has 0 bridgehead atoms. The first-order chi connectivity index (χ1) is 20.0. The maximum atomic E-state index is 13.3. The maximum Gasteiger partial charge on any atom is 0.264 e. The number of furan rings is 1. The summed E-state index contributed by atoms with van der Waals surface area (Å²) in [6.45, 7) is 3.28.